The molecule has 48 nitrogen and oxygen atoms in total. The number of nitrogens with one attached hydrogen (secondary N) is 2. The molecule has 0 saturated carbocycles. The second-order valence-electron chi connectivity index (χ2n) is 32.3. The Labute approximate surface area is 790 Å². The third-order valence-electron chi connectivity index (χ3n) is 23.3. The first kappa shape index (κ1) is 94.8. The monoisotopic (exact) mass is 1940 g/mol. The van der Waals surface area contributed by atoms with Gasteiger partial charge < -0.3 is 61.1 Å². The molecule has 0 bridgehead atoms. The highest BCUT2D eigenvalue weighted by Gasteiger charge is 2.35. The van der Waals surface area contributed by atoms with Crippen molar-refractivity contribution in [1.82, 2.24) is 146 Å². The molecular weight excluding hydrogens is 1850 g/mol. The molecule has 0 aliphatic carbocycles. The molecule has 1 unspecified atom stereocenters. The molecular formula is C86H88F5N39O9S. The van der Waals surface area contributed by atoms with Crippen LogP contribution in [0, 0.1) is 0 Å². The normalized spacial score (nSPS) is 15.9. The number of carbonyl (C=O) groups excluding carboxylic acids is 6. The zero-order valence-corrected chi connectivity index (χ0v) is 75.7. The van der Waals surface area contributed by atoms with Crippen LogP contribution in [-0.4, -0.2) is 303 Å². The molecule has 0 radical (unpaired) electrons. The fourth-order valence-corrected chi connectivity index (χ4v) is 16.7. The van der Waals surface area contributed by atoms with Gasteiger partial charge in [0.25, 0.3) is 34.4 Å². The largest absolute Gasteiger partial charge is 0.434 e. The number of primary amides is 3. The minimum atomic E-state index is -4.55. The number of carbonyl (C=O) groups is 6. The molecule has 16 aromatic heterocycles. The first-order valence-electron chi connectivity index (χ1n) is 43.5. The summed E-state index contributed by atoms with van der Waals surface area (Å²) in [4.78, 5) is 165. The van der Waals surface area contributed by atoms with E-state index in [0.717, 1.165) is 60.5 Å². The van der Waals surface area contributed by atoms with Gasteiger partial charge in [-0.25, -0.2) is 104 Å². The van der Waals surface area contributed by atoms with Crippen LogP contribution in [0.25, 0.3) is 85.3 Å². The molecule has 10 N–H and O–H groups in total. The molecule has 5 saturated heterocycles. The van der Waals surface area contributed by atoms with E-state index in [1.807, 2.05) is 47.6 Å². The van der Waals surface area contributed by atoms with Crippen LogP contribution in [0.4, 0.5) is 51.3 Å². The van der Waals surface area contributed by atoms with E-state index in [1.165, 1.54) is 52.2 Å². The number of nitrogens with two attached hydrogens (primary N) is 4. The van der Waals surface area contributed by atoms with Crippen LogP contribution in [0.15, 0.2) is 173 Å². The number of imidazole rings is 5. The number of anilines is 5. The van der Waals surface area contributed by atoms with Crippen molar-refractivity contribution in [2.45, 2.75) is 58.4 Å². The van der Waals surface area contributed by atoms with Gasteiger partial charge in [-0.15, -0.1) is 0 Å². The second-order valence-corrected chi connectivity index (χ2v) is 33.6. The number of fused-ring (bicyclic) bond motifs is 5. The Morgan fingerprint density at radius 3 is 1.40 bits per heavy atom. The number of hydrogen-bond acceptors (Lipinski definition) is 34. The van der Waals surface area contributed by atoms with Crippen molar-refractivity contribution in [3.63, 3.8) is 0 Å². The average Bonchev–Trinajstić information content (AvgIpc) is 1.66. The van der Waals surface area contributed by atoms with E-state index >= 15 is 0 Å². The number of aromatic nitrogens is 26. The number of piperidine rings is 1. The summed E-state index contributed by atoms with van der Waals surface area (Å²) in [5.74, 6) is 1.97. The second kappa shape index (κ2) is 40.9. The van der Waals surface area contributed by atoms with Gasteiger partial charge >= 0.3 is 6.18 Å². The summed E-state index contributed by atoms with van der Waals surface area (Å²) in [6, 6.07) is 10.6. The fourth-order valence-electron chi connectivity index (χ4n) is 16.0. The van der Waals surface area contributed by atoms with Crippen LogP contribution in [0.5, 0.6) is 0 Å². The summed E-state index contributed by atoms with van der Waals surface area (Å²) >= 11 is 0. The van der Waals surface area contributed by atoms with Gasteiger partial charge in [0.1, 0.15) is 57.7 Å². The third-order valence-corrected chi connectivity index (χ3v) is 23.9. The first-order valence-corrected chi connectivity index (χ1v) is 45.0. The van der Waals surface area contributed by atoms with Crippen LogP contribution >= 0.6 is 0 Å². The van der Waals surface area contributed by atoms with E-state index in [-0.39, 0.29) is 52.6 Å². The number of nitrogens with zero attached hydrogens (tertiary/aromatic N) is 33. The lowest BCUT2D eigenvalue weighted by molar-refractivity contribution is -0.141. The van der Waals surface area contributed by atoms with Crippen LogP contribution in [-0.2, 0) is 35.5 Å². The quantitative estimate of drug-likeness (QED) is 0.0705. The maximum atomic E-state index is 13.1. The molecule has 21 heterocycles. The number of rotatable bonds is 17. The van der Waals surface area contributed by atoms with Crippen molar-refractivity contribution in [3.05, 3.63) is 207 Å². The number of H-pyrrole nitrogens is 1. The predicted molar refractivity (Wildman–Crippen MR) is 492 cm³/mol. The summed E-state index contributed by atoms with van der Waals surface area (Å²) < 4.78 is 104. The minimum absolute atomic E-state index is 0.0777. The smallest absolute Gasteiger partial charge is 0.370 e. The molecule has 6 amide bonds. The van der Waals surface area contributed by atoms with Gasteiger partial charge in [-0.3, -0.25) is 60.9 Å². The predicted octanol–water partition coefficient (Wildman–Crippen LogP) is 3.86. The first-order chi connectivity index (χ1) is 67.4. The molecule has 5 fully saturated rings. The topological polar surface area (TPSA) is 583 Å². The van der Waals surface area contributed by atoms with E-state index in [9.17, 15) is 59.1 Å². The zero-order chi connectivity index (χ0) is 98.2. The van der Waals surface area contributed by atoms with Crippen molar-refractivity contribution in [2.75, 3.05) is 136 Å². The van der Waals surface area contributed by atoms with E-state index in [0.29, 0.717) is 196 Å². The van der Waals surface area contributed by atoms with Gasteiger partial charge in [-0.2, -0.15) is 31.4 Å². The molecule has 0 spiro atoms. The highest BCUT2D eigenvalue weighted by atomic mass is 32.2. The molecule has 2 atom stereocenters. The van der Waals surface area contributed by atoms with Crippen molar-refractivity contribution in [1.29, 1.82) is 0 Å². The van der Waals surface area contributed by atoms with E-state index in [2.05, 4.69) is 109 Å². The van der Waals surface area contributed by atoms with Gasteiger partial charge in [-0.1, -0.05) is 6.07 Å². The zero-order valence-electron chi connectivity index (χ0n) is 74.9. The number of halogens is 5. The summed E-state index contributed by atoms with van der Waals surface area (Å²) in [7, 11) is -3.80. The Hall–Kier alpha value is -16.9. The van der Waals surface area contributed by atoms with Crippen LogP contribution in [0.1, 0.15) is 94.6 Å². The van der Waals surface area contributed by atoms with Crippen molar-refractivity contribution < 1.29 is 63.9 Å². The molecule has 0 aromatic carbocycles. The number of ether oxygens (including phenoxy) is 1. The van der Waals surface area contributed by atoms with Crippen molar-refractivity contribution >= 4 is 103 Å². The lowest BCUT2D eigenvalue weighted by atomic mass is 10.1. The molecule has 54 heteroatoms. The molecule has 16 aromatic rings. The highest BCUT2D eigenvalue weighted by molar-refractivity contribution is 7.87. The number of pyridine rings is 1. The standard InChI is InChI=1S/C18H15F3N8O.C18H19N7O2.2C17H18N8O2.C16H18F2N8O2S/c19-18(20,21)15-10-29-13(7-24-16(29)8-23-15)12-1-2-22-17(27-12)28-3-4-30-14(9-28)11-5-25-26-6-11;1-12(26)23-5-7-24(8-6-23)16-4-2-3-13(22-16)15-9-21-17-10-20-14(18(19)27)11-25(15)17;1-11(26)23-2-4-24(5-3-23)16-8-19-6-12(22-16)14-7-21-15-9-20-13(17(18)27)10-25(14)15;1-11(26)23-4-6-24(7-5-23)17-19-3-2-12(22-17)14-8-21-15-9-20-13(16(18)27)10-25(14)15;17-15(18)11-9-26-12(6-22-14(26)7-21-11)16-20-4-3-13(23-16)25-5-1-2-10(8-25)24-29(19,27)28/h1-2,5-8,10,14H,3-4,9H2,(H,25,26);2-4,9-11H,5-8H2,1H3,(H2,19,27);6-10H,2-5H2,1H3,(H2,18,27);2-3,8-10H,4-7H2,1H3,(H2,18,27);3-4,6-7,9-10,15,24H,1-2,5,8H2,(H2,19,27,28)/t;;;;10-/m....1/s1. The van der Waals surface area contributed by atoms with Gasteiger partial charge in [0.15, 0.2) is 39.8 Å². The van der Waals surface area contributed by atoms with Crippen molar-refractivity contribution in [3.8, 4) is 57.1 Å². The maximum absolute atomic E-state index is 13.1. The van der Waals surface area contributed by atoms with Gasteiger partial charge in [0, 0.05) is 186 Å². The number of hydrogen-bond donors (Lipinski definition) is 6. The number of aromatic amines is 1. The minimum Gasteiger partial charge on any atom is -0.370 e. The third kappa shape index (κ3) is 21.8. The SMILES string of the molecule is CC(=O)N1CCN(c2cccc(-c3cnc4cnc(C(N)=O)cn34)n2)CC1.CC(=O)N1CCN(c2cncc(-c3cnc4cnc(C(N)=O)cn34)n2)CC1.CC(=O)N1CCN(c2nccc(-c3cnc4cnc(C(N)=O)cn34)n2)CC1.FC(F)(F)c1cn2c(-c3ccnc(N4CCOC(c5cn[nH]c5)C4)n3)cnc2cn1.NS(=O)(=O)N[C@@H]1CCCN(c2ccnc(-c3cnc4cnc(C(F)F)cn34)n2)C1. The maximum Gasteiger partial charge on any atom is 0.434 e. The van der Waals surface area contributed by atoms with Gasteiger partial charge in [0.05, 0.1) is 134 Å². The van der Waals surface area contributed by atoms with Crippen LogP contribution in [0.3, 0.4) is 0 Å². The molecule has 722 valence electrons. The molecule has 5 aliphatic heterocycles. The van der Waals surface area contributed by atoms with Gasteiger partial charge in [0.2, 0.25) is 29.6 Å². The molecule has 5 aliphatic rings. The molecule has 140 heavy (non-hydrogen) atoms. The molecule has 21 rings (SSSR count). The summed E-state index contributed by atoms with van der Waals surface area (Å²) in [5.41, 5.74) is 23.9. The number of piperazine rings is 3. The van der Waals surface area contributed by atoms with E-state index < -0.39 is 46.2 Å². The number of amides is 6. The average molecular weight is 1940 g/mol. The van der Waals surface area contributed by atoms with Crippen molar-refractivity contribution in [2.24, 2.45) is 22.3 Å². The number of alkyl halides is 5. The lowest BCUT2D eigenvalue weighted by Gasteiger charge is -2.35. The van der Waals surface area contributed by atoms with E-state index in [4.69, 9.17) is 37.0 Å². The van der Waals surface area contributed by atoms with Gasteiger partial charge in [-0.05, 0) is 43.2 Å². The summed E-state index contributed by atoms with van der Waals surface area (Å²) in [5, 5.41) is 11.8. The Kier molecular flexibility index (Phi) is 27.7. The lowest BCUT2D eigenvalue weighted by Crippen LogP contribution is -2.49. The highest BCUT2D eigenvalue weighted by Crippen LogP contribution is 2.33. The Morgan fingerprint density at radius 2 is 0.900 bits per heavy atom. The van der Waals surface area contributed by atoms with Crippen LogP contribution < -0.4 is 51.6 Å². The summed E-state index contributed by atoms with van der Waals surface area (Å²) in [6.07, 6.45) is 27.2. The number of morpholine rings is 1. The van der Waals surface area contributed by atoms with Crippen LogP contribution in [0.2, 0.25) is 0 Å². The fraction of sp³-hybridized carbons (Fsp3) is 0.302. The Bertz CT molecular complexity index is 6990. The van der Waals surface area contributed by atoms with E-state index in [1.54, 1.807) is 133 Å². The Morgan fingerprint density at radius 1 is 0.443 bits per heavy atom. The summed E-state index contributed by atoms with van der Waals surface area (Å²) in [6.45, 7) is 15.6. The Balaban J connectivity index is 0.000000121.